The highest BCUT2D eigenvalue weighted by molar-refractivity contribution is 6.36. The number of carboxylic acid groups (broad SMARTS) is 1. The van der Waals surface area contributed by atoms with Crippen LogP contribution in [0.5, 0.6) is 0 Å². The van der Waals surface area contributed by atoms with Crippen molar-refractivity contribution in [1.29, 1.82) is 0 Å². The molecule has 1 heterocycles. The molecule has 156 valence electrons. The predicted octanol–water partition coefficient (Wildman–Crippen LogP) is 3.99. The van der Waals surface area contributed by atoms with Crippen molar-refractivity contribution in [3.8, 4) is 0 Å². The Morgan fingerprint density at radius 3 is 2.23 bits per heavy atom. The number of rotatable bonds is 4. The number of carbonyl (C=O) groups is 2. The van der Waals surface area contributed by atoms with E-state index in [1.54, 1.807) is 37.3 Å². The van der Waals surface area contributed by atoms with Gasteiger partial charge in [0.2, 0.25) is 5.84 Å². The molecule has 10 heteroatoms. The number of ether oxygens (including phenoxy) is 1. The van der Waals surface area contributed by atoms with Crippen molar-refractivity contribution in [2.24, 2.45) is 4.99 Å². The average molecular weight is 419 g/mol. The number of carbonyl (C=O) groups excluding carboxylic acids is 1. The van der Waals surface area contributed by atoms with Crippen molar-refractivity contribution in [2.45, 2.75) is 13.1 Å². The molecule has 3 rings (SSSR count). The van der Waals surface area contributed by atoms with Crippen LogP contribution in [-0.2, 0) is 15.7 Å². The normalized spacial score (nSPS) is 14.1. The molecule has 30 heavy (non-hydrogen) atoms. The number of benzene rings is 2. The number of halogens is 3. The number of carboxylic acids is 1. The molecule has 0 fully saturated rings. The maximum absolute atomic E-state index is 12.9. The first-order valence-corrected chi connectivity index (χ1v) is 8.75. The van der Waals surface area contributed by atoms with Gasteiger partial charge < -0.3 is 9.84 Å². The summed E-state index contributed by atoms with van der Waals surface area (Å²) in [5.74, 6) is -2.04. The van der Waals surface area contributed by atoms with Gasteiger partial charge in [-0.3, -0.25) is 5.43 Å². The molecule has 7 nitrogen and oxygen atoms in total. The SMILES string of the molecule is CCOC(=O)N1NC(C(=O)O)=NC(c2ccc(C(F)(F)F)cc2)=C1c1ccccc1. The summed E-state index contributed by atoms with van der Waals surface area (Å²) in [5.41, 5.74) is 2.33. The van der Waals surface area contributed by atoms with Crippen LogP contribution in [0.1, 0.15) is 23.6 Å². The van der Waals surface area contributed by atoms with E-state index in [1.807, 2.05) is 0 Å². The number of hydrogen-bond donors (Lipinski definition) is 2. The van der Waals surface area contributed by atoms with Crippen LogP contribution in [0.2, 0.25) is 0 Å². The molecule has 1 amide bonds. The standard InChI is InChI=1S/C20H16F3N3O4/c1-2-30-19(29)26-16(13-6-4-3-5-7-13)15(24-17(25-26)18(27)28)12-8-10-14(11-9-12)20(21,22)23/h3-11H,2H2,1H3,(H,24,25)(H,27,28). The number of alkyl halides is 3. The minimum Gasteiger partial charge on any atom is -0.475 e. The van der Waals surface area contributed by atoms with Crippen molar-refractivity contribution in [3.63, 3.8) is 0 Å². The Kier molecular flexibility index (Phi) is 5.77. The predicted molar refractivity (Wildman–Crippen MR) is 102 cm³/mol. The summed E-state index contributed by atoms with van der Waals surface area (Å²) in [5, 5.41) is 10.3. The lowest BCUT2D eigenvalue weighted by Crippen LogP contribution is -2.50. The number of nitrogens with one attached hydrogen (secondary N) is 1. The summed E-state index contributed by atoms with van der Waals surface area (Å²) in [4.78, 5) is 28.1. The molecule has 0 bridgehead atoms. The fraction of sp³-hybridized carbons (Fsp3) is 0.150. The van der Waals surface area contributed by atoms with Gasteiger partial charge in [0.05, 0.1) is 17.9 Å². The topological polar surface area (TPSA) is 91.2 Å². The van der Waals surface area contributed by atoms with Gasteiger partial charge in [0.1, 0.15) is 5.70 Å². The van der Waals surface area contributed by atoms with Crippen LogP contribution in [-0.4, -0.2) is 34.6 Å². The van der Waals surface area contributed by atoms with Gasteiger partial charge in [0.25, 0.3) is 0 Å². The summed E-state index contributed by atoms with van der Waals surface area (Å²) < 4.78 is 43.8. The summed E-state index contributed by atoms with van der Waals surface area (Å²) in [6, 6.07) is 12.5. The van der Waals surface area contributed by atoms with Crippen molar-refractivity contribution in [2.75, 3.05) is 6.61 Å². The van der Waals surface area contributed by atoms with Gasteiger partial charge in [-0.1, -0.05) is 42.5 Å². The third-order valence-corrected chi connectivity index (χ3v) is 4.08. The number of hydrazine groups is 1. The zero-order valence-corrected chi connectivity index (χ0v) is 15.6. The van der Waals surface area contributed by atoms with E-state index in [9.17, 15) is 27.9 Å². The third-order valence-electron chi connectivity index (χ3n) is 4.08. The van der Waals surface area contributed by atoms with E-state index < -0.39 is 29.6 Å². The fourth-order valence-corrected chi connectivity index (χ4v) is 2.76. The van der Waals surface area contributed by atoms with E-state index in [4.69, 9.17) is 4.74 Å². The van der Waals surface area contributed by atoms with E-state index in [0.717, 1.165) is 17.1 Å². The maximum atomic E-state index is 12.9. The summed E-state index contributed by atoms with van der Waals surface area (Å²) in [6.07, 6.45) is -5.43. The van der Waals surface area contributed by atoms with Crippen molar-refractivity contribution >= 4 is 29.3 Å². The van der Waals surface area contributed by atoms with Gasteiger partial charge in [-0.15, -0.1) is 0 Å². The smallest absolute Gasteiger partial charge is 0.433 e. The molecule has 2 aromatic rings. The Morgan fingerprint density at radius 2 is 1.70 bits per heavy atom. The highest BCUT2D eigenvalue weighted by atomic mass is 19.4. The van der Waals surface area contributed by atoms with Crippen LogP contribution < -0.4 is 5.43 Å². The summed E-state index contributed by atoms with van der Waals surface area (Å²) in [7, 11) is 0. The molecule has 0 unspecified atom stereocenters. The number of aliphatic imine (C=N–C) groups is 1. The minimum absolute atomic E-state index is 0.000808. The zero-order chi connectivity index (χ0) is 21.9. The summed E-state index contributed by atoms with van der Waals surface area (Å²) >= 11 is 0. The van der Waals surface area contributed by atoms with Gasteiger partial charge in [-0.25, -0.2) is 14.6 Å². The molecule has 0 spiro atoms. The van der Waals surface area contributed by atoms with E-state index in [1.165, 1.54) is 12.1 Å². The van der Waals surface area contributed by atoms with Crippen LogP contribution in [0.15, 0.2) is 59.6 Å². The van der Waals surface area contributed by atoms with Gasteiger partial charge >= 0.3 is 18.2 Å². The molecular formula is C20H16F3N3O4. The number of amidine groups is 1. The van der Waals surface area contributed by atoms with Crippen LogP contribution in [0, 0.1) is 0 Å². The van der Waals surface area contributed by atoms with E-state index >= 15 is 0 Å². The van der Waals surface area contributed by atoms with Crippen LogP contribution in [0.3, 0.4) is 0 Å². The largest absolute Gasteiger partial charge is 0.475 e. The Hall–Kier alpha value is -3.82. The van der Waals surface area contributed by atoms with Gasteiger partial charge in [0.15, 0.2) is 0 Å². The molecule has 0 aliphatic carbocycles. The minimum atomic E-state index is -4.53. The lowest BCUT2D eigenvalue weighted by atomic mass is 10.0. The quantitative estimate of drug-likeness (QED) is 0.782. The first-order chi connectivity index (χ1) is 14.2. The van der Waals surface area contributed by atoms with E-state index in [-0.39, 0.29) is 23.6 Å². The Labute approximate surface area is 169 Å². The van der Waals surface area contributed by atoms with Crippen molar-refractivity contribution in [3.05, 3.63) is 71.3 Å². The Morgan fingerprint density at radius 1 is 1.07 bits per heavy atom. The molecule has 0 saturated heterocycles. The van der Waals surface area contributed by atoms with E-state index in [2.05, 4.69) is 10.4 Å². The van der Waals surface area contributed by atoms with Crippen LogP contribution >= 0.6 is 0 Å². The number of amides is 1. The maximum Gasteiger partial charge on any atom is 0.433 e. The van der Waals surface area contributed by atoms with Gasteiger partial charge in [0, 0.05) is 11.1 Å². The lowest BCUT2D eigenvalue weighted by molar-refractivity contribution is -0.137. The van der Waals surface area contributed by atoms with Crippen LogP contribution in [0.4, 0.5) is 18.0 Å². The highest BCUT2D eigenvalue weighted by Crippen LogP contribution is 2.35. The first kappa shape index (κ1) is 20.9. The Balaban J connectivity index is 2.24. The van der Waals surface area contributed by atoms with Crippen molar-refractivity contribution < 1.29 is 32.6 Å². The van der Waals surface area contributed by atoms with Crippen LogP contribution in [0.25, 0.3) is 11.4 Å². The second-order valence-corrected chi connectivity index (χ2v) is 6.05. The molecule has 2 N–H and O–H groups in total. The molecule has 0 radical (unpaired) electrons. The average Bonchev–Trinajstić information content (AvgIpc) is 2.73. The lowest BCUT2D eigenvalue weighted by Gasteiger charge is -2.30. The second-order valence-electron chi connectivity index (χ2n) is 6.05. The molecule has 1 aliphatic rings. The van der Waals surface area contributed by atoms with Gasteiger partial charge in [-0.2, -0.15) is 18.2 Å². The molecule has 0 aromatic heterocycles. The fourth-order valence-electron chi connectivity index (χ4n) is 2.76. The number of nitrogens with zero attached hydrogens (tertiary/aromatic N) is 2. The van der Waals surface area contributed by atoms with E-state index in [0.29, 0.717) is 5.56 Å². The summed E-state index contributed by atoms with van der Waals surface area (Å²) in [6.45, 7) is 1.60. The highest BCUT2D eigenvalue weighted by Gasteiger charge is 2.33. The number of hydrogen-bond acceptors (Lipinski definition) is 5. The molecule has 2 aromatic carbocycles. The molecule has 0 saturated carbocycles. The van der Waals surface area contributed by atoms with Gasteiger partial charge in [-0.05, 0) is 19.1 Å². The third kappa shape index (κ3) is 4.27. The zero-order valence-electron chi connectivity index (χ0n) is 15.6. The number of aliphatic carboxylic acids is 1. The molecule has 0 atom stereocenters. The Bertz CT molecular complexity index is 1020. The molecular weight excluding hydrogens is 403 g/mol. The second kappa shape index (κ2) is 8.27. The first-order valence-electron chi connectivity index (χ1n) is 8.75. The molecule has 1 aliphatic heterocycles. The van der Waals surface area contributed by atoms with Crippen molar-refractivity contribution in [1.82, 2.24) is 10.4 Å². The monoisotopic (exact) mass is 419 g/mol.